The first kappa shape index (κ1) is 17.7. The molecule has 0 N–H and O–H groups in total. The highest BCUT2D eigenvalue weighted by molar-refractivity contribution is 5.91. The minimum Gasteiger partial charge on any atom is -0.494 e. The SMILES string of the molecule is COc1ccc(COC(=O)c2ccccc2Cc2ccccc2)cc1F. The molecule has 0 saturated carbocycles. The summed E-state index contributed by atoms with van der Waals surface area (Å²) in [5.74, 6) is -0.744. The Morgan fingerprint density at radius 1 is 0.923 bits per heavy atom. The van der Waals surface area contributed by atoms with Gasteiger partial charge in [-0.1, -0.05) is 54.6 Å². The summed E-state index contributed by atoms with van der Waals surface area (Å²) in [7, 11) is 1.40. The lowest BCUT2D eigenvalue weighted by Crippen LogP contribution is -2.09. The van der Waals surface area contributed by atoms with Gasteiger partial charge in [0.15, 0.2) is 11.6 Å². The quantitative estimate of drug-likeness (QED) is 0.600. The van der Waals surface area contributed by atoms with E-state index in [9.17, 15) is 9.18 Å². The highest BCUT2D eigenvalue weighted by atomic mass is 19.1. The lowest BCUT2D eigenvalue weighted by atomic mass is 10.00. The van der Waals surface area contributed by atoms with Crippen molar-refractivity contribution in [3.63, 3.8) is 0 Å². The summed E-state index contributed by atoms with van der Waals surface area (Å²) in [6.07, 6.45) is 0.642. The molecule has 132 valence electrons. The van der Waals surface area contributed by atoms with Crippen LogP contribution in [0.1, 0.15) is 27.0 Å². The largest absolute Gasteiger partial charge is 0.494 e. The summed E-state index contributed by atoms with van der Waals surface area (Å²) in [5, 5.41) is 0. The summed E-state index contributed by atoms with van der Waals surface area (Å²) >= 11 is 0. The number of halogens is 1. The van der Waals surface area contributed by atoms with E-state index in [0.29, 0.717) is 17.5 Å². The second-order valence-electron chi connectivity index (χ2n) is 5.86. The van der Waals surface area contributed by atoms with Crippen LogP contribution in [0.4, 0.5) is 4.39 Å². The van der Waals surface area contributed by atoms with Crippen molar-refractivity contribution in [3.05, 3.63) is 101 Å². The monoisotopic (exact) mass is 350 g/mol. The van der Waals surface area contributed by atoms with Gasteiger partial charge in [-0.15, -0.1) is 0 Å². The molecule has 0 unspecified atom stereocenters. The zero-order chi connectivity index (χ0) is 18.4. The van der Waals surface area contributed by atoms with Gasteiger partial charge in [0.1, 0.15) is 6.61 Å². The molecule has 26 heavy (non-hydrogen) atoms. The predicted octanol–water partition coefficient (Wildman–Crippen LogP) is 4.78. The van der Waals surface area contributed by atoms with Crippen molar-refractivity contribution in [2.24, 2.45) is 0 Å². The number of hydrogen-bond donors (Lipinski definition) is 0. The molecule has 0 aliphatic rings. The lowest BCUT2D eigenvalue weighted by Gasteiger charge is -2.10. The molecule has 0 spiro atoms. The standard InChI is InChI=1S/C22H19FO3/c1-25-21-12-11-17(14-20(21)23)15-26-22(24)19-10-6-5-9-18(19)13-16-7-3-2-4-8-16/h2-12,14H,13,15H2,1H3. The van der Waals surface area contributed by atoms with E-state index >= 15 is 0 Å². The number of methoxy groups -OCH3 is 1. The van der Waals surface area contributed by atoms with Gasteiger partial charge in [0.05, 0.1) is 12.7 Å². The van der Waals surface area contributed by atoms with Crippen molar-refractivity contribution in [2.75, 3.05) is 7.11 Å². The molecule has 3 rings (SSSR count). The maximum atomic E-state index is 13.7. The smallest absolute Gasteiger partial charge is 0.338 e. The van der Waals surface area contributed by atoms with Crippen LogP contribution in [0, 0.1) is 5.82 Å². The molecule has 0 fully saturated rings. The van der Waals surface area contributed by atoms with Crippen molar-refractivity contribution >= 4 is 5.97 Å². The van der Waals surface area contributed by atoms with Crippen LogP contribution in [0.2, 0.25) is 0 Å². The molecule has 0 aliphatic carbocycles. The van der Waals surface area contributed by atoms with Crippen LogP contribution < -0.4 is 4.74 Å². The van der Waals surface area contributed by atoms with Gasteiger partial charge >= 0.3 is 5.97 Å². The van der Waals surface area contributed by atoms with Crippen molar-refractivity contribution in [1.29, 1.82) is 0 Å². The molecule has 0 aliphatic heterocycles. The fourth-order valence-electron chi connectivity index (χ4n) is 2.72. The lowest BCUT2D eigenvalue weighted by molar-refractivity contribution is 0.0471. The Balaban J connectivity index is 1.71. The molecular weight excluding hydrogens is 331 g/mol. The number of benzene rings is 3. The third-order valence-electron chi connectivity index (χ3n) is 4.06. The van der Waals surface area contributed by atoms with Crippen LogP contribution in [-0.4, -0.2) is 13.1 Å². The Bertz CT molecular complexity index is 891. The molecule has 0 amide bonds. The van der Waals surface area contributed by atoms with Gasteiger partial charge in [-0.2, -0.15) is 0 Å². The van der Waals surface area contributed by atoms with Gasteiger partial charge in [0, 0.05) is 0 Å². The number of ether oxygens (including phenoxy) is 2. The maximum Gasteiger partial charge on any atom is 0.338 e. The van der Waals surface area contributed by atoms with E-state index < -0.39 is 11.8 Å². The fourth-order valence-corrected chi connectivity index (χ4v) is 2.72. The Hall–Kier alpha value is -3.14. The Morgan fingerprint density at radius 3 is 2.38 bits per heavy atom. The van der Waals surface area contributed by atoms with Crippen molar-refractivity contribution in [3.8, 4) is 5.75 Å². The van der Waals surface area contributed by atoms with E-state index in [-0.39, 0.29) is 12.4 Å². The van der Waals surface area contributed by atoms with Gasteiger partial charge in [0.2, 0.25) is 0 Å². The zero-order valence-corrected chi connectivity index (χ0v) is 14.4. The van der Waals surface area contributed by atoms with Crippen LogP contribution in [0.5, 0.6) is 5.75 Å². The van der Waals surface area contributed by atoms with Crippen molar-refractivity contribution in [2.45, 2.75) is 13.0 Å². The number of carbonyl (C=O) groups is 1. The molecule has 0 aromatic heterocycles. The van der Waals surface area contributed by atoms with E-state index in [4.69, 9.17) is 9.47 Å². The van der Waals surface area contributed by atoms with Crippen molar-refractivity contribution < 1.29 is 18.7 Å². The fraction of sp³-hybridized carbons (Fsp3) is 0.136. The summed E-state index contributed by atoms with van der Waals surface area (Å²) in [6.45, 7) is -0.000576. The predicted molar refractivity (Wildman–Crippen MR) is 97.8 cm³/mol. The molecule has 0 atom stereocenters. The first-order valence-electron chi connectivity index (χ1n) is 8.29. The molecule has 3 aromatic carbocycles. The molecule has 4 heteroatoms. The molecule has 0 saturated heterocycles. The Kier molecular flexibility index (Phi) is 5.64. The first-order valence-corrected chi connectivity index (χ1v) is 8.29. The minimum absolute atomic E-state index is 0.000576. The maximum absolute atomic E-state index is 13.7. The average Bonchev–Trinajstić information content (AvgIpc) is 2.67. The second-order valence-corrected chi connectivity index (χ2v) is 5.86. The van der Waals surface area contributed by atoms with Crippen LogP contribution in [0.15, 0.2) is 72.8 Å². The molecular formula is C22H19FO3. The van der Waals surface area contributed by atoms with E-state index in [1.54, 1.807) is 18.2 Å². The summed E-state index contributed by atoms with van der Waals surface area (Å²) in [5.41, 5.74) is 3.09. The van der Waals surface area contributed by atoms with Crippen molar-refractivity contribution in [1.82, 2.24) is 0 Å². The van der Waals surface area contributed by atoms with E-state index in [1.165, 1.54) is 19.2 Å². The summed E-state index contributed by atoms with van der Waals surface area (Å²) in [6, 6.07) is 21.8. The molecule has 0 bridgehead atoms. The topological polar surface area (TPSA) is 35.5 Å². The third kappa shape index (κ3) is 4.28. The van der Waals surface area contributed by atoms with Gasteiger partial charge in [0.25, 0.3) is 0 Å². The summed E-state index contributed by atoms with van der Waals surface area (Å²) in [4.78, 5) is 12.5. The van der Waals surface area contributed by atoms with Crippen LogP contribution in [0.3, 0.4) is 0 Å². The number of hydrogen-bond acceptors (Lipinski definition) is 3. The molecule has 3 nitrogen and oxygen atoms in total. The number of rotatable bonds is 6. The van der Waals surface area contributed by atoms with Gasteiger partial charge in [-0.3, -0.25) is 0 Å². The van der Waals surface area contributed by atoms with Crippen LogP contribution >= 0.6 is 0 Å². The van der Waals surface area contributed by atoms with E-state index in [2.05, 4.69) is 0 Å². The molecule has 0 radical (unpaired) electrons. The number of esters is 1. The zero-order valence-electron chi connectivity index (χ0n) is 14.4. The number of carbonyl (C=O) groups excluding carboxylic acids is 1. The highest BCUT2D eigenvalue weighted by Crippen LogP contribution is 2.19. The molecule has 3 aromatic rings. The normalized spacial score (nSPS) is 10.4. The highest BCUT2D eigenvalue weighted by Gasteiger charge is 2.13. The van der Waals surface area contributed by atoms with Gasteiger partial charge < -0.3 is 9.47 Å². The first-order chi connectivity index (χ1) is 12.7. The van der Waals surface area contributed by atoms with Crippen LogP contribution in [-0.2, 0) is 17.8 Å². The van der Waals surface area contributed by atoms with Gasteiger partial charge in [-0.25, -0.2) is 9.18 Å². The second kappa shape index (κ2) is 8.30. The van der Waals surface area contributed by atoms with E-state index in [1.807, 2.05) is 42.5 Å². The third-order valence-corrected chi connectivity index (χ3v) is 4.06. The minimum atomic E-state index is -0.481. The Morgan fingerprint density at radius 2 is 1.65 bits per heavy atom. The molecule has 0 heterocycles. The van der Waals surface area contributed by atoms with E-state index in [0.717, 1.165) is 11.1 Å². The Labute approximate surface area is 152 Å². The average molecular weight is 350 g/mol. The van der Waals surface area contributed by atoms with Crippen LogP contribution in [0.25, 0.3) is 0 Å². The summed E-state index contributed by atoms with van der Waals surface area (Å²) < 4.78 is 24.0. The van der Waals surface area contributed by atoms with Gasteiger partial charge in [-0.05, 0) is 41.3 Å².